The van der Waals surface area contributed by atoms with Gasteiger partial charge in [-0.2, -0.15) is 0 Å². The highest BCUT2D eigenvalue weighted by atomic mass is 35.5. The lowest BCUT2D eigenvalue weighted by Gasteiger charge is -2.11. The molecule has 0 radical (unpaired) electrons. The molecule has 22 heavy (non-hydrogen) atoms. The van der Waals surface area contributed by atoms with Crippen molar-refractivity contribution in [1.82, 2.24) is 0 Å². The van der Waals surface area contributed by atoms with Gasteiger partial charge in [0.15, 0.2) is 0 Å². The molecule has 3 N–H and O–H groups in total. The molecule has 5 nitrogen and oxygen atoms in total. The average molecular weight is 319 g/mol. The van der Waals surface area contributed by atoms with E-state index in [-0.39, 0.29) is 5.91 Å². The first-order valence-corrected chi connectivity index (χ1v) is 6.85. The van der Waals surface area contributed by atoms with Gasteiger partial charge in [-0.15, -0.1) is 0 Å². The van der Waals surface area contributed by atoms with Crippen LogP contribution in [0.15, 0.2) is 36.4 Å². The molecule has 0 aliphatic heterocycles. The first-order chi connectivity index (χ1) is 10.4. The molecule has 0 aliphatic carbocycles. The van der Waals surface area contributed by atoms with Gasteiger partial charge in [0.05, 0.1) is 12.1 Å². The van der Waals surface area contributed by atoms with Crippen LogP contribution < -0.4 is 15.8 Å². The number of halogens is 1. The van der Waals surface area contributed by atoms with E-state index >= 15 is 0 Å². The van der Waals surface area contributed by atoms with Crippen molar-refractivity contribution in [2.45, 2.75) is 6.92 Å². The summed E-state index contributed by atoms with van der Waals surface area (Å²) in [5.41, 5.74) is 7.29. The Hall–Kier alpha value is -2.53. The predicted molar refractivity (Wildman–Crippen MR) is 85.7 cm³/mol. The summed E-state index contributed by atoms with van der Waals surface area (Å²) in [5, 5.41) is 3.10. The Balaban J connectivity index is 2.22. The molecular weight excluding hydrogens is 304 g/mol. The molecule has 0 atom stereocenters. The number of aryl methyl sites for hydroxylation is 1. The fraction of sp³-hybridized carbons (Fsp3) is 0.125. The van der Waals surface area contributed by atoms with E-state index in [4.69, 9.17) is 22.1 Å². The van der Waals surface area contributed by atoms with Crippen LogP contribution in [0.5, 0.6) is 5.75 Å². The maximum Gasteiger partial charge on any atom is 0.255 e. The molecule has 114 valence electrons. The van der Waals surface area contributed by atoms with Gasteiger partial charge in [-0.25, -0.2) is 0 Å². The van der Waals surface area contributed by atoms with E-state index in [1.165, 1.54) is 7.11 Å². The minimum atomic E-state index is -0.518. The van der Waals surface area contributed by atoms with Gasteiger partial charge >= 0.3 is 0 Å². The smallest absolute Gasteiger partial charge is 0.255 e. The summed E-state index contributed by atoms with van der Waals surface area (Å²) in [5.74, 6) is -0.300. The molecule has 0 unspecified atom stereocenters. The highest BCUT2D eigenvalue weighted by Gasteiger charge is 2.13. The summed E-state index contributed by atoms with van der Waals surface area (Å²) >= 11 is 6.05. The molecule has 2 aromatic carbocycles. The zero-order valence-electron chi connectivity index (χ0n) is 12.1. The van der Waals surface area contributed by atoms with Crippen LogP contribution in [0.2, 0.25) is 5.02 Å². The first-order valence-electron chi connectivity index (χ1n) is 6.47. The quantitative estimate of drug-likeness (QED) is 0.909. The van der Waals surface area contributed by atoms with Gasteiger partial charge in [-0.3, -0.25) is 9.59 Å². The second-order valence-corrected chi connectivity index (χ2v) is 5.10. The molecule has 2 aromatic rings. The SMILES string of the molecule is COc1cc(C)c(C(=O)Nc2ccc(C(N)=O)cc2)cc1Cl. The number of nitrogens with two attached hydrogens (primary N) is 1. The maximum absolute atomic E-state index is 12.3. The van der Waals surface area contributed by atoms with Crippen molar-refractivity contribution in [3.05, 3.63) is 58.1 Å². The van der Waals surface area contributed by atoms with Crippen LogP contribution >= 0.6 is 11.6 Å². The number of hydrogen-bond acceptors (Lipinski definition) is 3. The molecule has 6 heteroatoms. The van der Waals surface area contributed by atoms with E-state index in [0.29, 0.717) is 27.6 Å². The van der Waals surface area contributed by atoms with Gasteiger partial charge in [0.2, 0.25) is 5.91 Å². The Bertz CT molecular complexity index is 727. The normalized spacial score (nSPS) is 10.1. The summed E-state index contributed by atoms with van der Waals surface area (Å²) in [4.78, 5) is 23.3. The number of primary amides is 1. The van der Waals surface area contributed by atoms with E-state index in [1.54, 1.807) is 43.3 Å². The molecule has 2 rings (SSSR count). The molecule has 0 heterocycles. The summed E-state index contributed by atoms with van der Waals surface area (Å²) in [6.45, 7) is 1.80. The number of benzene rings is 2. The van der Waals surface area contributed by atoms with E-state index in [9.17, 15) is 9.59 Å². The molecule has 0 bridgehead atoms. The van der Waals surface area contributed by atoms with Crippen LogP contribution in [-0.2, 0) is 0 Å². The second-order valence-electron chi connectivity index (χ2n) is 4.70. The summed E-state index contributed by atoms with van der Waals surface area (Å²) < 4.78 is 5.11. The molecule has 0 spiro atoms. The fourth-order valence-corrected chi connectivity index (χ4v) is 2.21. The van der Waals surface area contributed by atoms with E-state index < -0.39 is 5.91 Å². The third-order valence-electron chi connectivity index (χ3n) is 3.17. The van der Waals surface area contributed by atoms with E-state index in [2.05, 4.69) is 5.32 Å². The summed E-state index contributed by atoms with van der Waals surface area (Å²) in [6.07, 6.45) is 0. The molecule has 0 fully saturated rings. The van der Waals surface area contributed by atoms with Gasteiger partial charge in [0, 0.05) is 16.8 Å². The number of hydrogen-bond donors (Lipinski definition) is 2. The number of nitrogens with one attached hydrogen (secondary N) is 1. The Morgan fingerprint density at radius 1 is 1.18 bits per heavy atom. The first kappa shape index (κ1) is 15.9. The van der Waals surface area contributed by atoms with Crippen LogP contribution in [0, 0.1) is 6.92 Å². The van der Waals surface area contributed by atoms with Crippen molar-refractivity contribution in [1.29, 1.82) is 0 Å². The number of ether oxygens (including phenoxy) is 1. The average Bonchev–Trinajstić information content (AvgIpc) is 2.49. The minimum absolute atomic E-state index is 0.297. The van der Waals surface area contributed by atoms with Crippen molar-refractivity contribution in [2.75, 3.05) is 12.4 Å². The lowest BCUT2D eigenvalue weighted by atomic mass is 10.1. The van der Waals surface area contributed by atoms with Gasteiger partial charge in [0.25, 0.3) is 5.91 Å². The van der Waals surface area contributed by atoms with Crippen LogP contribution in [-0.4, -0.2) is 18.9 Å². The zero-order chi connectivity index (χ0) is 16.3. The second kappa shape index (κ2) is 6.49. The molecule has 0 saturated carbocycles. The van der Waals surface area contributed by atoms with Crippen molar-refractivity contribution in [3.63, 3.8) is 0 Å². The van der Waals surface area contributed by atoms with Gasteiger partial charge in [-0.05, 0) is 48.9 Å². The van der Waals surface area contributed by atoms with Crippen LogP contribution in [0.25, 0.3) is 0 Å². The Morgan fingerprint density at radius 2 is 1.82 bits per heavy atom. The standard InChI is InChI=1S/C16H15ClN2O3/c1-9-7-14(22-2)13(17)8-12(9)16(21)19-11-5-3-10(4-6-11)15(18)20/h3-8H,1-2H3,(H2,18,20)(H,19,21). The number of rotatable bonds is 4. The third kappa shape index (κ3) is 3.38. The third-order valence-corrected chi connectivity index (χ3v) is 3.47. The Kier molecular flexibility index (Phi) is 4.68. The van der Waals surface area contributed by atoms with Crippen LogP contribution in [0.3, 0.4) is 0 Å². The molecule has 0 aromatic heterocycles. The zero-order valence-corrected chi connectivity index (χ0v) is 12.9. The molecule has 0 aliphatic rings. The molecular formula is C16H15ClN2O3. The van der Waals surface area contributed by atoms with Gasteiger partial charge in [0.1, 0.15) is 5.75 Å². The Labute approximate surface area is 133 Å². The largest absolute Gasteiger partial charge is 0.495 e. The summed E-state index contributed by atoms with van der Waals surface area (Å²) in [6, 6.07) is 9.57. The number of amides is 2. The van der Waals surface area contributed by atoms with Crippen molar-refractivity contribution in [2.24, 2.45) is 5.73 Å². The topological polar surface area (TPSA) is 81.4 Å². The van der Waals surface area contributed by atoms with Gasteiger partial charge in [-0.1, -0.05) is 11.6 Å². The number of anilines is 1. The summed E-state index contributed by atoms with van der Waals surface area (Å²) in [7, 11) is 1.51. The number of methoxy groups -OCH3 is 1. The fourth-order valence-electron chi connectivity index (χ4n) is 1.97. The number of carbonyl (C=O) groups excluding carboxylic acids is 2. The monoisotopic (exact) mass is 318 g/mol. The molecule has 0 saturated heterocycles. The van der Waals surface area contributed by atoms with Gasteiger partial charge < -0.3 is 15.8 Å². The molecule has 2 amide bonds. The van der Waals surface area contributed by atoms with E-state index in [1.807, 2.05) is 0 Å². The van der Waals surface area contributed by atoms with Crippen molar-refractivity contribution >= 4 is 29.1 Å². The van der Waals surface area contributed by atoms with Crippen LogP contribution in [0.4, 0.5) is 5.69 Å². The lowest BCUT2D eigenvalue weighted by Crippen LogP contribution is -2.14. The maximum atomic E-state index is 12.3. The highest BCUT2D eigenvalue weighted by molar-refractivity contribution is 6.32. The number of carbonyl (C=O) groups is 2. The Morgan fingerprint density at radius 3 is 2.36 bits per heavy atom. The lowest BCUT2D eigenvalue weighted by molar-refractivity contribution is 0.0998. The highest BCUT2D eigenvalue weighted by Crippen LogP contribution is 2.28. The predicted octanol–water partition coefficient (Wildman–Crippen LogP) is 3.01. The van der Waals surface area contributed by atoms with Crippen molar-refractivity contribution < 1.29 is 14.3 Å². The minimum Gasteiger partial charge on any atom is -0.495 e. The van der Waals surface area contributed by atoms with E-state index in [0.717, 1.165) is 5.56 Å². The van der Waals surface area contributed by atoms with Crippen molar-refractivity contribution in [3.8, 4) is 5.75 Å². The van der Waals surface area contributed by atoms with Crippen LogP contribution in [0.1, 0.15) is 26.3 Å².